The van der Waals surface area contributed by atoms with Gasteiger partial charge >= 0.3 is 11.9 Å². The van der Waals surface area contributed by atoms with Crippen LogP contribution in [0.15, 0.2) is 48.0 Å². The number of halogens is 3. The molecule has 0 spiro atoms. The number of anilines is 1. The highest BCUT2D eigenvalue weighted by Crippen LogP contribution is 2.53. The average molecular weight is 788 g/mol. The lowest BCUT2D eigenvalue weighted by atomic mass is 9.55. The predicted octanol–water partition coefficient (Wildman–Crippen LogP) is 5.39. The molecule has 2 unspecified atom stereocenters. The summed E-state index contributed by atoms with van der Waals surface area (Å²) in [6.07, 6.45) is 1.97. The van der Waals surface area contributed by atoms with Gasteiger partial charge in [0.05, 0.1) is 23.4 Å². The molecule has 7 rings (SSSR count). The molecule has 2 aromatic carbocycles. The van der Waals surface area contributed by atoms with Crippen LogP contribution in [-0.4, -0.2) is 89.9 Å². The molecule has 3 heterocycles. The Labute approximate surface area is 325 Å². The molecule has 2 aromatic rings. The van der Waals surface area contributed by atoms with E-state index in [4.69, 9.17) is 30.6 Å². The van der Waals surface area contributed by atoms with E-state index in [9.17, 15) is 28.6 Å². The van der Waals surface area contributed by atoms with E-state index in [2.05, 4.69) is 17.1 Å². The van der Waals surface area contributed by atoms with Gasteiger partial charge in [0.25, 0.3) is 0 Å². The normalized spacial score (nSPS) is 35.2. The van der Waals surface area contributed by atoms with Gasteiger partial charge in [0.15, 0.2) is 30.1 Å². The lowest BCUT2D eigenvalue weighted by molar-refractivity contribution is -0.225. The molecule has 3 aliphatic heterocycles. The first-order valence-corrected chi connectivity index (χ1v) is 19.7. The Morgan fingerprint density at radius 3 is 2.65 bits per heavy atom. The van der Waals surface area contributed by atoms with Gasteiger partial charge in [-0.3, -0.25) is 24.8 Å². The summed E-state index contributed by atoms with van der Waals surface area (Å²) in [5.74, 6) is -3.63. The number of fused-ring (bicyclic) bond motifs is 4. The smallest absolute Gasteiger partial charge is 0.323 e. The zero-order valence-electron chi connectivity index (χ0n) is 32.0. The molecule has 2 saturated heterocycles. The van der Waals surface area contributed by atoms with Crippen LogP contribution in [0.25, 0.3) is 0 Å². The third kappa shape index (κ3) is 7.53. The fourth-order valence-corrected chi connectivity index (χ4v) is 10.2. The van der Waals surface area contributed by atoms with Gasteiger partial charge in [-0.2, -0.15) is 0 Å². The van der Waals surface area contributed by atoms with E-state index in [1.54, 1.807) is 25.2 Å². The van der Waals surface area contributed by atoms with Crippen LogP contribution in [0.4, 0.5) is 14.5 Å². The Morgan fingerprint density at radius 1 is 1.13 bits per heavy atom. The predicted molar refractivity (Wildman–Crippen MR) is 199 cm³/mol. The number of hydrogen-bond acceptors (Lipinski definition) is 11. The van der Waals surface area contributed by atoms with Crippen LogP contribution in [0.3, 0.4) is 0 Å². The molecule has 3 N–H and O–H groups in total. The fourth-order valence-electron chi connectivity index (χ4n) is 9.86. The number of aliphatic hydroxyl groups is 2. The molecular weight excluding hydrogens is 736 g/mol. The van der Waals surface area contributed by atoms with E-state index >= 15 is 0 Å². The molecule has 2 aliphatic carbocycles. The molecule has 11 atom stereocenters. The van der Waals surface area contributed by atoms with Gasteiger partial charge in [-0.25, -0.2) is 8.78 Å². The van der Waals surface area contributed by atoms with Crippen molar-refractivity contribution in [2.75, 3.05) is 31.7 Å². The second kappa shape index (κ2) is 15.6. The van der Waals surface area contributed by atoms with Crippen molar-refractivity contribution in [2.24, 2.45) is 23.7 Å². The standard InChI is InChI=1S/C41H52ClF2N3O8/c1-22-16-30-28(23(2)19-47-15-7-8-27(20-47)52-21-26-12-14-32(43)33(44)17-26)13-11-24(3)41(30,51)37(36(22)53-25(4)48)54-38(49)34-18-40(50)29-9-6-10-31(42)35(29)46(5)55-39(40)45-34/h6,9-10,12,14,16-17,23-24,27-28,30,34,36-37,39,45,50-51H,7-8,11,13,15,18-21H2,1-5H3/t23?,24-,27?,28+,30-,34+,36-,37+,39-,40-,41-/m1/s1. The second-order valence-corrected chi connectivity index (χ2v) is 16.8. The van der Waals surface area contributed by atoms with Crippen LogP contribution in [0, 0.1) is 35.3 Å². The number of hydroxylamine groups is 1. The summed E-state index contributed by atoms with van der Waals surface area (Å²) in [6.45, 7) is 9.76. The van der Waals surface area contributed by atoms with Crippen LogP contribution in [0.1, 0.15) is 70.9 Å². The molecule has 0 bridgehead atoms. The summed E-state index contributed by atoms with van der Waals surface area (Å²) < 4.78 is 45.5. The Morgan fingerprint density at radius 2 is 1.91 bits per heavy atom. The number of ether oxygens (including phenoxy) is 3. The molecule has 3 fully saturated rings. The zero-order valence-corrected chi connectivity index (χ0v) is 32.7. The molecule has 0 radical (unpaired) electrons. The van der Waals surface area contributed by atoms with Gasteiger partial charge in [-0.15, -0.1) is 0 Å². The van der Waals surface area contributed by atoms with Gasteiger partial charge in [0, 0.05) is 45.0 Å². The van der Waals surface area contributed by atoms with Crippen LogP contribution in [-0.2, 0) is 40.8 Å². The molecule has 5 aliphatic rings. The third-order valence-corrected chi connectivity index (χ3v) is 13.0. The molecule has 0 aromatic heterocycles. The van der Waals surface area contributed by atoms with Crippen molar-refractivity contribution in [3.8, 4) is 0 Å². The van der Waals surface area contributed by atoms with E-state index < -0.39 is 65.2 Å². The molecule has 0 amide bonds. The topological polar surface area (TPSA) is 130 Å². The molecular formula is C41H52ClF2N3O8. The van der Waals surface area contributed by atoms with Crippen molar-refractivity contribution >= 4 is 29.2 Å². The first kappa shape index (κ1) is 40.0. The fraction of sp³-hybridized carbons (Fsp3) is 0.610. The minimum atomic E-state index is -1.59. The van der Waals surface area contributed by atoms with Gasteiger partial charge < -0.3 is 29.3 Å². The average Bonchev–Trinajstić information content (AvgIpc) is 3.49. The number of piperidine rings is 1. The highest BCUT2D eigenvalue weighted by Gasteiger charge is 2.62. The number of nitrogens with one attached hydrogen (secondary N) is 1. The molecule has 14 heteroatoms. The number of benzene rings is 2. The summed E-state index contributed by atoms with van der Waals surface area (Å²) >= 11 is 6.47. The maximum absolute atomic E-state index is 14.2. The number of hydrogen-bond donors (Lipinski definition) is 3. The first-order valence-electron chi connectivity index (χ1n) is 19.3. The van der Waals surface area contributed by atoms with Crippen molar-refractivity contribution in [1.82, 2.24) is 10.2 Å². The number of esters is 2. The Bertz CT molecular complexity index is 1820. The highest BCUT2D eigenvalue weighted by molar-refractivity contribution is 6.33. The zero-order chi connectivity index (χ0) is 39.4. The number of rotatable bonds is 9. The maximum Gasteiger partial charge on any atom is 0.323 e. The number of nitrogens with zero attached hydrogens (tertiary/aromatic N) is 2. The van der Waals surface area contributed by atoms with Crippen LogP contribution >= 0.6 is 11.6 Å². The maximum atomic E-state index is 14.2. The van der Waals surface area contributed by atoms with Crippen molar-refractivity contribution in [3.05, 3.63) is 75.8 Å². The number of likely N-dealkylation sites (tertiary alicyclic amines) is 1. The van der Waals surface area contributed by atoms with E-state index in [0.717, 1.165) is 38.4 Å². The van der Waals surface area contributed by atoms with E-state index in [1.807, 2.05) is 19.9 Å². The quantitative estimate of drug-likeness (QED) is 0.224. The summed E-state index contributed by atoms with van der Waals surface area (Å²) in [5, 5.41) is 29.8. The minimum absolute atomic E-state index is 0.0116. The van der Waals surface area contributed by atoms with Crippen molar-refractivity contribution < 1.29 is 47.6 Å². The van der Waals surface area contributed by atoms with Gasteiger partial charge in [0.1, 0.15) is 17.2 Å². The summed E-state index contributed by atoms with van der Waals surface area (Å²) in [5.41, 5.74) is -0.868. The summed E-state index contributed by atoms with van der Waals surface area (Å²) in [6, 6.07) is 7.98. The lowest BCUT2D eigenvalue weighted by Gasteiger charge is -2.56. The van der Waals surface area contributed by atoms with Gasteiger partial charge in [0.2, 0.25) is 0 Å². The van der Waals surface area contributed by atoms with Crippen molar-refractivity contribution in [1.29, 1.82) is 0 Å². The first-order chi connectivity index (χ1) is 26.1. The largest absolute Gasteiger partial charge is 0.454 e. The Balaban J connectivity index is 1.08. The molecule has 300 valence electrons. The van der Waals surface area contributed by atoms with Crippen molar-refractivity contribution in [2.45, 2.75) is 108 Å². The van der Waals surface area contributed by atoms with Crippen LogP contribution in [0.5, 0.6) is 0 Å². The summed E-state index contributed by atoms with van der Waals surface area (Å²) in [7, 11) is 1.67. The van der Waals surface area contributed by atoms with Crippen LogP contribution in [0.2, 0.25) is 5.02 Å². The van der Waals surface area contributed by atoms with E-state index in [-0.39, 0.29) is 36.9 Å². The third-order valence-electron chi connectivity index (χ3n) is 12.7. The lowest BCUT2D eigenvalue weighted by Crippen LogP contribution is -2.66. The Kier molecular flexibility index (Phi) is 11.4. The van der Waals surface area contributed by atoms with Gasteiger partial charge in [-0.05, 0) is 86.2 Å². The number of para-hydroxylation sites is 1. The van der Waals surface area contributed by atoms with E-state index in [0.29, 0.717) is 40.4 Å². The minimum Gasteiger partial charge on any atom is -0.454 e. The molecule has 11 nitrogen and oxygen atoms in total. The molecule has 1 saturated carbocycles. The van der Waals surface area contributed by atoms with E-state index in [1.165, 1.54) is 24.1 Å². The second-order valence-electron chi connectivity index (χ2n) is 16.4. The van der Waals surface area contributed by atoms with Crippen LogP contribution < -0.4 is 10.4 Å². The Hall–Kier alpha value is -3.17. The SMILES string of the molecule is CC(=O)O[C@@H]1C(C)=C[C@@H]2[C@H](C(C)CN3CCCC(OCc4ccc(F)c(F)c4)C3)CC[C@@H](C)[C@]2(O)[C@H]1OC(=O)[C@@H]1C[C@@]2(O)c3cccc(Cl)c3N(C)O[C@H]2N1. The number of carbonyl (C=O) groups excluding carboxylic acids is 2. The highest BCUT2D eigenvalue weighted by atomic mass is 35.5. The summed E-state index contributed by atoms with van der Waals surface area (Å²) in [4.78, 5) is 35.0. The number of carbonyl (C=O) groups is 2. The van der Waals surface area contributed by atoms with Crippen molar-refractivity contribution in [3.63, 3.8) is 0 Å². The molecule has 55 heavy (non-hydrogen) atoms. The monoisotopic (exact) mass is 787 g/mol. The van der Waals surface area contributed by atoms with Gasteiger partial charge in [-0.1, -0.05) is 49.7 Å².